The van der Waals surface area contributed by atoms with Gasteiger partial charge in [0.15, 0.2) is 5.60 Å². The number of rotatable bonds is 11. The van der Waals surface area contributed by atoms with Crippen LogP contribution in [0.4, 0.5) is 5.69 Å². The van der Waals surface area contributed by atoms with E-state index in [1.165, 1.54) is 43.6 Å². The van der Waals surface area contributed by atoms with Crippen LogP contribution < -0.4 is 15.4 Å². The lowest BCUT2D eigenvalue weighted by Crippen LogP contribution is -2.81. The second-order valence-corrected chi connectivity index (χ2v) is 24.3. The number of nitrogens with one attached hydrogen (secondary N) is 1. The van der Waals surface area contributed by atoms with Gasteiger partial charge in [-0.15, -0.1) is 0 Å². The zero-order valence-corrected chi connectivity index (χ0v) is 47.0. The van der Waals surface area contributed by atoms with E-state index in [1.54, 1.807) is 20.1 Å². The van der Waals surface area contributed by atoms with Crippen molar-refractivity contribution in [3.05, 3.63) is 130 Å². The van der Waals surface area contributed by atoms with E-state index >= 15 is 4.79 Å². The molecule has 3 aromatic rings. The number of allylic oxidation sites excluding steroid dienone is 9. The van der Waals surface area contributed by atoms with Crippen molar-refractivity contribution >= 4 is 34.4 Å². The maximum atomic E-state index is 15.2. The minimum atomic E-state index is -2.30. The number of benzene rings is 2. The fraction of sp³-hybridized carbons (Fsp3) is 0.540. The molecule has 3 fully saturated rings. The molecule has 1 aromatic heterocycles. The van der Waals surface area contributed by atoms with E-state index in [-0.39, 0.29) is 17.4 Å². The van der Waals surface area contributed by atoms with Crippen molar-refractivity contribution in [2.24, 2.45) is 22.5 Å². The van der Waals surface area contributed by atoms with Crippen LogP contribution in [0.3, 0.4) is 0 Å². The zero-order valence-electron chi connectivity index (χ0n) is 47.0. The SMILES string of the molecule is CC1=C(/C=C/C(C)=C/C=C/C(C)=C\C(=O)O)C(C)(C)CCC1.CC[C@]1(O)C[C@H]2CN(CCc3c([nH]c4ccccc34)[C@@](C(=O)OC)(c3cc4c(cc3OC)N(C)[C@H]3[C@@](O)(C(N)=O)[C@H](O)[C@]5(CC)C=CCN6CC[C@]43[C@@H]65)C2)C1. The highest BCUT2D eigenvalue weighted by Crippen LogP contribution is 2.67. The molecule has 2 bridgehead atoms. The Labute approximate surface area is 455 Å². The van der Waals surface area contributed by atoms with Crippen molar-refractivity contribution in [2.75, 3.05) is 58.9 Å². The van der Waals surface area contributed by atoms with E-state index in [0.29, 0.717) is 69.5 Å². The molecule has 10 atom stereocenters. The van der Waals surface area contributed by atoms with E-state index in [1.807, 2.05) is 74.4 Å². The molecular weight excluding hydrogens is 971 g/mol. The summed E-state index contributed by atoms with van der Waals surface area (Å²) in [6.07, 6.45) is 20.8. The van der Waals surface area contributed by atoms with Crippen LogP contribution in [0.25, 0.3) is 10.9 Å². The molecule has 7 N–H and O–H groups in total. The second kappa shape index (κ2) is 20.8. The van der Waals surface area contributed by atoms with Crippen molar-refractivity contribution in [3.8, 4) is 5.75 Å². The van der Waals surface area contributed by atoms with Crippen LogP contribution >= 0.6 is 0 Å². The first-order valence-electron chi connectivity index (χ1n) is 27.9. The molecule has 6 heterocycles. The molecule has 1 saturated carbocycles. The highest BCUT2D eigenvalue weighted by atomic mass is 16.5. The summed E-state index contributed by atoms with van der Waals surface area (Å²) in [7, 11) is 4.89. The number of anilines is 1. The van der Waals surface area contributed by atoms with Gasteiger partial charge in [-0.2, -0.15) is 0 Å². The molecule has 14 nitrogen and oxygen atoms in total. The average Bonchev–Trinajstić information content (AvgIpc) is 3.53. The third kappa shape index (κ3) is 9.03. The summed E-state index contributed by atoms with van der Waals surface area (Å²) in [5.74, 6) is -1.91. The van der Waals surface area contributed by atoms with Crippen LogP contribution in [0.15, 0.2) is 107 Å². The highest BCUT2D eigenvalue weighted by Gasteiger charge is 2.78. The summed E-state index contributed by atoms with van der Waals surface area (Å²) in [5.41, 5.74) is 9.82. The van der Waals surface area contributed by atoms with E-state index in [0.717, 1.165) is 57.6 Å². The molecule has 1 spiro atoms. The van der Waals surface area contributed by atoms with Crippen LogP contribution in [-0.4, -0.2) is 136 Å². The predicted molar refractivity (Wildman–Crippen MR) is 302 cm³/mol. The number of primary amides is 1. The largest absolute Gasteiger partial charge is 0.496 e. The summed E-state index contributed by atoms with van der Waals surface area (Å²) in [4.78, 5) is 49.8. The number of aliphatic hydroxyl groups excluding tert-OH is 1. The van der Waals surface area contributed by atoms with Gasteiger partial charge >= 0.3 is 11.9 Å². The molecular formula is C63H83N5O9. The van der Waals surface area contributed by atoms with Gasteiger partial charge in [-0.25, -0.2) is 4.79 Å². The van der Waals surface area contributed by atoms with Crippen LogP contribution in [-0.2, 0) is 36.4 Å². The summed E-state index contributed by atoms with van der Waals surface area (Å²) in [6, 6.07) is 11.0. The van der Waals surface area contributed by atoms with Crippen molar-refractivity contribution in [3.63, 3.8) is 0 Å². The number of methoxy groups -OCH3 is 2. The van der Waals surface area contributed by atoms with Crippen molar-refractivity contribution in [1.82, 2.24) is 14.8 Å². The van der Waals surface area contributed by atoms with Gasteiger partial charge in [-0.1, -0.05) is 99.6 Å². The Morgan fingerprint density at radius 1 is 0.948 bits per heavy atom. The number of hydrogen-bond donors (Lipinski definition) is 6. The lowest BCUT2D eigenvalue weighted by atomic mass is 9.47. The summed E-state index contributed by atoms with van der Waals surface area (Å²) < 4.78 is 12.2. The van der Waals surface area contributed by atoms with E-state index in [9.17, 15) is 24.9 Å². The Morgan fingerprint density at radius 3 is 2.38 bits per heavy atom. The number of aromatic nitrogens is 1. The van der Waals surface area contributed by atoms with E-state index in [2.05, 4.69) is 66.8 Å². The topological polar surface area (TPSA) is 202 Å². The number of aliphatic carboxylic acids is 1. The number of hydrogen-bond acceptors (Lipinski definition) is 11. The van der Waals surface area contributed by atoms with Gasteiger partial charge in [0.2, 0.25) is 0 Å². The summed E-state index contributed by atoms with van der Waals surface area (Å²) in [6.45, 7) is 18.1. The number of nitrogens with two attached hydrogens (primary N) is 1. The zero-order chi connectivity index (χ0) is 55.6. The quantitative estimate of drug-likeness (QED) is 0.0465. The monoisotopic (exact) mass is 1050 g/mol. The number of carbonyl (C=O) groups is 3. The van der Waals surface area contributed by atoms with Gasteiger partial charge < -0.3 is 45.5 Å². The Bertz CT molecular complexity index is 3020. The third-order valence-electron chi connectivity index (χ3n) is 19.4. The number of aromatic amines is 1. The van der Waals surface area contributed by atoms with Crippen LogP contribution in [0.5, 0.6) is 5.75 Å². The molecule has 77 heavy (non-hydrogen) atoms. The van der Waals surface area contributed by atoms with Crippen LogP contribution in [0.1, 0.15) is 122 Å². The number of aliphatic hydroxyl groups is 3. The van der Waals surface area contributed by atoms with E-state index in [4.69, 9.17) is 20.3 Å². The Morgan fingerprint density at radius 2 is 1.70 bits per heavy atom. The van der Waals surface area contributed by atoms with Gasteiger partial charge in [0.1, 0.15) is 17.3 Å². The predicted octanol–water partition coefficient (Wildman–Crippen LogP) is 8.34. The van der Waals surface area contributed by atoms with E-state index < -0.39 is 57.4 Å². The lowest BCUT2D eigenvalue weighted by molar-refractivity contribution is -0.201. The minimum absolute atomic E-state index is 0.0790. The molecule has 5 aliphatic heterocycles. The highest BCUT2D eigenvalue weighted by molar-refractivity contribution is 5.95. The van der Waals surface area contributed by atoms with Crippen LogP contribution in [0, 0.1) is 16.7 Å². The number of para-hydroxylation sites is 1. The average molecular weight is 1050 g/mol. The molecule has 2 aliphatic carbocycles. The summed E-state index contributed by atoms with van der Waals surface area (Å²) in [5, 5.41) is 46.6. The number of likely N-dealkylation sites (N-methyl/N-ethyl adjacent to an activating group) is 1. The number of nitrogens with zero attached hydrogens (tertiary/aromatic N) is 3. The lowest BCUT2D eigenvalue weighted by Gasteiger charge is -2.63. The molecule has 2 aromatic carbocycles. The molecule has 414 valence electrons. The summed E-state index contributed by atoms with van der Waals surface area (Å²) >= 11 is 0. The van der Waals surface area contributed by atoms with Gasteiger partial charge in [0, 0.05) is 90.1 Å². The Kier molecular flexibility index (Phi) is 15.1. The van der Waals surface area contributed by atoms with Gasteiger partial charge in [0.05, 0.1) is 25.9 Å². The first-order valence-corrected chi connectivity index (χ1v) is 27.9. The number of piperidine rings is 1. The maximum absolute atomic E-state index is 15.2. The molecule has 14 heteroatoms. The molecule has 7 aliphatic rings. The number of carbonyl (C=O) groups excluding carboxylic acids is 2. The smallest absolute Gasteiger partial charge is 0.328 e. The van der Waals surface area contributed by atoms with Gasteiger partial charge in [0.25, 0.3) is 5.91 Å². The fourth-order valence-electron chi connectivity index (χ4n) is 15.9. The molecule has 2 saturated heterocycles. The maximum Gasteiger partial charge on any atom is 0.328 e. The number of ether oxygens (including phenoxy) is 2. The standard InChI is InChI=1S/C43H55N5O7.C20H28O2/c1-6-39(52)21-25-22-42(38(51)55-5,33-27(13-17-47(23-25)24-39)26-11-8-9-12-30(26)45-33)29-19-28-31(20-32(29)54-4)46(3)35-41(28)15-18-48-16-10-14-40(7-2,34(41)48)36(49)43(35,53)37(44)50;1-15(8-6-9-16(2)14-19(21)22)11-12-18-17(3)10-7-13-20(18,4)5/h8-12,14,19-20,25,34-36,45,49,52-53H,6-7,13,15-18,21-24H2,1-5H3,(H2,44,50);6,8-9,11-12,14H,7,10,13H2,1-5H3,(H,21,22)/b;9-6+,12-11+,15-8+,16-14-/t25-,34+,35-,36-,39+,40-,41-,42+,43+;/m1./s1. The first-order chi connectivity index (χ1) is 36.5. The minimum Gasteiger partial charge on any atom is -0.496 e. The van der Waals surface area contributed by atoms with Crippen molar-refractivity contribution in [1.29, 1.82) is 0 Å². The number of carboxylic acids is 1. The normalized spacial score (nSPS) is 33.6. The van der Waals surface area contributed by atoms with Crippen molar-refractivity contribution in [2.45, 2.75) is 146 Å². The number of esters is 1. The number of H-pyrrole nitrogens is 1. The molecule has 10 rings (SSSR count). The molecule has 1 amide bonds. The Balaban J connectivity index is 0.000000277. The molecule has 0 radical (unpaired) electrons. The second-order valence-electron chi connectivity index (χ2n) is 24.3. The Hall–Kier alpha value is -5.77. The fourth-order valence-corrected chi connectivity index (χ4v) is 15.9. The van der Waals surface area contributed by atoms with Crippen LogP contribution in [0.2, 0.25) is 0 Å². The first kappa shape index (κ1) is 56.0. The number of amides is 1. The van der Waals surface area contributed by atoms with Gasteiger partial charge in [-0.3, -0.25) is 19.4 Å². The number of carboxylic acid groups (broad SMARTS) is 1. The molecule has 1 unspecified atom stereocenters. The third-order valence-corrected chi connectivity index (χ3v) is 19.4. The van der Waals surface area contributed by atoms with Crippen molar-refractivity contribution < 1.29 is 44.3 Å². The number of fused-ring (bicyclic) bond motifs is 6. The van der Waals surface area contributed by atoms with Gasteiger partial charge in [-0.05, 0) is 131 Å².